The quantitative estimate of drug-likeness (QED) is 0.810. The second-order valence-electron chi connectivity index (χ2n) is 5.25. The molecule has 1 saturated carbocycles. The van der Waals surface area contributed by atoms with E-state index in [9.17, 15) is 13.2 Å². The van der Waals surface area contributed by atoms with Crippen molar-refractivity contribution in [2.45, 2.75) is 44.0 Å². The lowest BCUT2D eigenvalue weighted by Crippen LogP contribution is -2.56. The van der Waals surface area contributed by atoms with E-state index in [1.165, 1.54) is 0 Å². The summed E-state index contributed by atoms with van der Waals surface area (Å²) in [4.78, 5) is 1.40. The third-order valence-electron chi connectivity index (χ3n) is 4.00. The van der Waals surface area contributed by atoms with Gasteiger partial charge in [0.15, 0.2) is 0 Å². The van der Waals surface area contributed by atoms with E-state index in [0.717, 1.165) is 25.7 Å². The summed E-state index contributed by atoms with van der Waals surface area (Å²) >= 11 is 4.58. The lowest BCUT2D eigenvalue weighted by atomic mass is 9.89. The Morgan fingerprint density at radius 2 is 2.05 bits per heavy atom. The van der Waals surface area contributed by atoms with Gasteiger partial charge in [-0.25, -0.2) is 0 Å². The third-order valence-corrected chi connectivity index (χ3v) is 4.29. The van der Waals surface area contributed by atoms with Crippen LogP contribution >= 0.6 is 12.2 Å². The average Bonchev–Trinajstić information content (AvgIpc) is 2.34. The average molecular weight is 296 g/mol. The molecule has 0 aromatic carbocycles. The standard InChI is InChI=1S/C12H19F3N2OS/c13-12(14,15)8(11(16)19)7-17-5-6-18-10-4-2-1-3-9(10)17/h8-10H,1-7H2,(H2,16,19). The Bertz CT molecular complexity index is 335. The van der Waals surface area contributed by atoms with Crippen molar-refractivity contribution in [2.75, 3.05) is 19.7 Å². The SMILES string of the molecule is NC(=S)C(CN1CCOC2CCCCC21)C(F)(F)F. The lowest BCUT2D eigenvalue weighted by molar-refractivity contribution is -0.169. The molecule has 0 bridgehead atoms. The maximum absolute atomic E-state index is 12.9. The molecule has 0 aromatic heterocycles. The van der Waals surface area contributed by atoms with Crippen molar-refractivity contribution in [1.29, 1.82) is 0 Å². The van der Waals surface area contributed by atoms with Crippen LogP contribution in [-0.4, -0.2) is 47.9 Å². The Morgan fingerprint density at radius 1 is 1.37 bits per heavy atom. The topological polar surface area (TPSA) is 38.5 Å². The number of nitrogens with zero attached hydrogens (tertiary/aromatic N) is 1. The Kier molecular flexibility index (Phi) is 4.68. The van der Waals surface area contributed by atoms with Gasteiger partial charge in [-0.05, 0) is 12.8 Å². The highest BCUT2D eigenvalue weighted by Gasteiger charge is 2.45. The van der Waals surface area contributed by atoms with E-state index >= 15 is 0 Å². The molecule has 3 unspecified atom stereocenters. The van der Waals surface area contributed by atoms with Crippen LogP contribution in [0.5, 0.6) is 0 Å². The number of rotatable bonds is 3. The fourth-order valence-corrected chi connectivity index (χ4v) is 3.20. The van der Waals surface area contributed by atoms with Crippen LogP contribution in [0.25, 0.3) is 0 Å². The Balaban J connectivity index is 2.05. The highest BCUT2D eigenvalue weighted by atomic mass is 32.1. The summed E-state index contributed by atoms with van der Waals surface area (Å²) < 4.78 is 44.4. The first-order valence-electron chi connectivity index (χ1n) is 6.61. The smallest absolute Gasteiger partial charge is 0.393 e. The molecule has 1 saturated heterocycles. The van der Waals surface area contributed by atoms with Crippen LogP contribution < -0.4 is 5.73 Å². The van der Waals surface area contributed by atoms with Crippen LogP contribution in [0.4, 0.5) is 13.2 Å². The van der Waals surface area contributed by atoms with Gasteiger partial charge in [-0.15, -0.1) is 0 Å². The summed E-state index contributed by atoms with van der Waals surface area (Å²) in [6.07, 6.45) is -0.327. The summed E-state index contributed by atoms with van der Waals surface area (Å²) in [5.41, 5.74) is 5.26. The van der Waals surface area contributed by atoms with E-state index in [-0.39, 0.29) is 18.7 Å². The monoisotopic (exact) mass is 296 g/mol. The number of alkyl halides is 3. The minimum absolute atomic E-state index is 0.0720. The van der Waals surface area contributed by atoms with Crippen LogP contribution in [0.15, 0.2) is 0 Å². The van der Waals surface area contributed by atoms with Crippen LogP contribution in [0, 0.1) is 5.92 Å². The third kappa shape index (κ3) is 3.58. The van der Waals surface area contributed by atoms with Crippen molar-refractivity contribution in [2.24, 2.45) is 11.7 Å². The normalized spacial score (nSPS) is 30.7. The van der Waals surface area contributed by atoms with E-state index in [1.54, 1.807) is 0 Å². The molecular weight excluding hydrogens is 277 g/mol. The zero-order chi connectivity index (χ0) is 14.0. The van der Waals surface area contributed by atoms with Crippen molar-refractivity contribution in [1.82, 2.24) is 4.90 Å². The zero-order valence-electron chi connectivity index (χ0n) is 10.7. The largest absolute Gasteiger partial charge is 0.399 e. The molecule has 1 aliphatic carbocycles. The predicted octanol–water partition coefficient (Wildman–Crippen LogP) is 2.09. The number of thiocarbonyl (C=S) groups is 1. The second-order valence-corrected chi connectivity index (χ2v) is 5.72. The molecule has 7 heteroatoms. The number of fused-ring (bicyclic) bond motifs is 1. The van der Waals surface area contributed by atoms with Crippen LogP contribution in [0.1, 0.15) is 25.7 Å². The van der Waals surface area contributed by atoms with Crippen molar-refractivity contribution < 1.29 is 17.9 Å². The number of hydrogen-bond donors (Lipinski definition) is 1. The molecule has 0 amide bonds. The van der Waals surface area contributed by atoms with Gasteiger partial charge in [0.1, 0.15) is 5.92 Å². The highest BCUT2D eigenvalue weighted by molar-refractivity contribution is 7.80. The summed E-state index contributed by atoms with van der Waals surface area (Å²) in [7, 11) is 0. The number of ether oxygens (including phenoxy) is 1. The molecular formula is C12H19F3N2OS. The first kappa shape index (κ1) is 15.0. The maximum Gasteiger partial charge on any atom is 0.399 e. The molecule has 2 N–H and O–H groups in total. The molecule has 0 radical (unpaired) electrons. The van der Waals surface area contributed by atoms with Crippen molar-refractivity contribution in [3.8, 4) is 0 Å². The number of hydrogen-bond acceptors (Lipinski definition) is 3. The molecule has 1 heterocycles. The van der Waals surface area contributed by atoms with Crippen LogP contribution in [-0.2, 0) is 4.74 Å². The van der Waals surface area contributed by atoms with Gasteiger partial charge in [0, 0.05) is 19.1 Å². The fraction of sp³-hybridized carbons (Fsp3) is 0.917. The van der Waals surface area contributed by atoms with Gasteiger partial charge in [-0.3, -0.25) is 4.90 Å². The highest BCUT2D eigenvalue weighted by Crippen LogP contribution is 2.32. The maximum atomic E-state index is 12.9. The summed E-state index contributed by atoms with van der Waals surface area (Å²) in [6.45, 7) is 0.878. The first-order valence-corrected chi connectivity index (χ1v) is 7.02. The lowest BCUT2D eigenvalue weighted by Gasteiger charge is -2.45. The molecule has 0 aromatic rings. The fourth-order valence-electron chi connectivity index (χ4n) is 2.99. The summed E-state index contributed by atoms with van der Waals surface area (Å²) in [6, 6.07) is 0.0849. The molecule has 3 nitrogen and oxygen atoms in total. The van der Waals surface area contributed by atoms with Gasteiger partial charge >= 0.3 is 6.18 Å². The number of halogens is 3. The van der Waals surface area contributed by atoms with Crippen LogP contribution in [0.3, 0.4) is 0 Å². The van der Waals surface area contributed by atoms with Crippen LogP contribution in [0.2, 0.25) is 0 Å². The van der Waals surface area contributed by atoms with Gasteiger partial charge < -0.3 is 10.5 Å². The molecule has 19 heavy (non-hydrogen) atoms. The second kappa shape index (κ2) is 5.93. The molecule has 110 valence electrons. The van der Waals surface area contributed by atoms with Gasteiger partial charge in [0.2, 0.25) is 0 Å². The van der Waals surface area contributed by atoms with E-state index in [2.05, 4.69) is 12.2 Å². The molecule has 2 fully saturated rings. The molecule has 2 aliphatic rings. The molecule has 0 spiro atoms. The number of nitrogens with two attached hydrogens (primary N) is 1. The van der Waals surface area contributed by atoms with Gasteiger partial charge in [-0.2, -0.15) is 13.2 Å². The summed E-state index contributed by atoms with van der Waals surface area (Å²) in [5, 5.41) is 0. The minimum Gasteiger partial charge on any atom is -0.393 e. The summed E-state index contributed by atoms with van der Waals surface area (Å²) in [5.74, 6) is -1.72. The van der Waals surface area contributed by atoms with Crippen molar-refractivity contribution >= 4 is 17.2 Å². The number of morpholine rings is 1. The molecule has 3 atom stereocenters. The van der Waals surface area contributed by atoms with Gasteiger partial charge in [0.25, 0.3) is 0 Å². The van der Waals surface area contributed by atoms with E-state index in [0.29, 0.717) is 13.2 Å². The van der Waals surface area contributed by atoms with Gasteiger partial charge in [-0.1, -0.05) is 25.1 Å². The Hall–Kier alpha value is -0.400. The minimum atomic E-state index is -4.37. The van der Waals surface area contributed by atoms with E-state index in [1.807, 2.05) is 4.90 Å². The van der Waals surface area contributed by atoms with Crippen molar-refractivity contribution in [3.05, 3.63) is 0 Å². The Labute approximate surface area is 116 Å². The Morgan fingerprint density at radius 3 is 2.68 bits per heavy atom. The zero-order valence-corrected chi connectivity index (χ0v) is 11.5. The van der Waals surface area contributed by atoms with E-state index < -0.39 is 17.1 Å². The van der Waals surface area contributed by atoms with Gasteiger partial charge in [0.05, 0.1) is 17.7 Å². The predicted molar refractivity (Wildman–Crippen MR) is 69.9 cm³/mol. The van der Waals surface area contributed by atoms with E-state index in [4.69, 9.17) is 10.5 Å². The molecule has 1 aliphatic heterocycles. The van der Waals surface area contributed by atoms with Crippen molar-refractivity contribution in [3.63, 3.8) is 0 Å². The first-order chi connectivity index (χ1) is 8.89. The molecule has 2 rings (SSSR count).